The molecule has 0 fully saturated rings. The molecule has 0 saturated heterocycles. The Labute approximate surface area is 466 Å². The van der Waals surface area contributed by atoms with E-state index in [1.165, 1.54) is 24.3 Å². The fourth-order valence-electron chi connectivity index (χ4n) is 13.1. The summed E-state index contributed by atoms with van der Waals surface area (Å²) in [7, 11) is 0. The van der Waals surface area contributed by atoms with Crippen molar-refractivity contribution in [2.24, 2.45) is 0 Å². The van der Waals surface area contributed by atoms with E-state index in [9.17, 15) is 13.2 Å². The van der Waals surface area contributed by atoms with Crippen molar-refractivity contribution in [1.82, 2.24) is 18.3 Å². The van der Waals surface area contributed by atoms with Crippen LogP contribution >= 0.6 is 0 Å². The molecule has 0 aliphatic heterocycles. The maximum Gasteiger partial charge on any atom is 0.416 e. The molecule has 4 aromatic heterocycles. The van der Waals surface area contributed by atoms with Gasteiger partial charge in [0, 0.05) is 65.8 Å². The first-order valence-corrected chi connectivity index (χ1v) is 26.7. The maximum atomic E-state index is 15.5. The molecular formula is C69H40BF9N4. The summed E-state index contributed by atoms with van der Waals surface area (Å²) in [6, 6.07) is 71.9. The number of fused-ring (bicyclic) bond motifs is 14. The standard InChI is InChI=1S/C69H40BF9N4/c71-67(72,73)41-39-52(68(74,75)76)66(53(40-41)69(77,78)79)70(42-27-31-46(32-28-42)82-56-25-13-9-21-50(56)64-60(82)37-35-58-62(64)48-19-7-11-23-54(48)80(58)44-15-3-1-4-16-44)43-29-33-47(34-30-43)83-57-26-14-10-22-51(57)65-61(83)38-36-59-63(65)49-20-8-12-24-55(49)81(59)45-17-5-2-6-18-45/h1-40H. The highest BCUT2D eigenvalue weighted by atomic mass is 19.4. The predicted octanol–water partition coefficient (Wildman–Crippen LogP) is 17.6. The Kier molecular flexibility index (Phi) is 11.0. The van der Waals surface area contributed by atoms with E-state index in [0.29, 0.717) is 11.4 Å². The molecule has 0 spiro atoms. The SMILES string of the molecule is FC(F)(F)c1cc(C(F)(F)F)c(B(c2ccc(-n3c4ccccc4c4c5c6ccccc6n(-c6ccccc6)c5ccc43)cc2)c2ccc(-n3c4ccccc4c4c5c6ccccc6n(-c6ccccc6)c5ccc43)cc2)c(C(F)(F)F)c1. The Balaban J connectivity index is 0.933. The lowest BCUT2D eigenvalue weighted by atomic mass is 9.35. The summed E-state index contributed by atoms with van der Waals surface area (Å²) in [5.74, 6) is 0. The lowest BCUT2D eigenvalue weighted by Crippen LogP contribution is -2.56. The van der Waals surface area contributed by atoms with Gasteiger partial charge < -0.3 is 18.3 Å². The van der Waals surface area contributed by atoms with Crippen molar-refractivity contribution >= 4 is 110 Å². The van der Waals surface area contributed by atoms with Gasteiger partial charge in [0.1, 0.15) is 0 Å². The topological polar surface area (TPSA) is 19.7 Å². The number of aromatic nitrogens is 4. The van der Waals surface area contributed by atoms with Crippen molar-refractivity contribution in [1.29, 1.82) is 0 Å². The van der Waals surface area contributed by atoms with Crippen LogP contribution in [0.25, 0.3) is 110 Å². The molecule has 15 rings (SSSR count). The highest BCUT2D eigenvalue weighted by molar-refractivity contribution is 6.96. The molecule has 402 valence electrons. The van der Waals surface area contributed by atoms with E-state index in [4.69, 9.17) is 0 Å². The van der Waals surface area contributed by atoms with E-state index in [-0.39, 0.29) is 23.1 Å². The lowest BCUT2D eigenvalue weighted by Gasteiger charge is -2.26. The number of alkyl halides is 9. The van der Waals surface area contributed by atoms with Crippen molar-refractivity contribution in [3.63, 3.8) is 0 Å². The molecule has 4 nitrogen and oxygen atoms in total. The first kappa shape index (κ1) is 50.0. The van der Waals surface area contributed by atoms with Crippen LogP contribution in [0.5, 0.6) is 0 Å². The molecule has 0 saturated carbocycles. The number of nitrogens with zero attached hydrogens (tertiary/aromatic N) is 4. The van der Waals surface area contributed by atoms with Crippen molar-refractivity contribution in [3.05, 3.63) is 259 Å². The zero-order valence-corrected chi connectivity index (χ0v) is 43.4. The highest BCUT2D eigenvalue weighted by Gasteiger charge is 2.47. The molecule has 83 heavy (non-hydrogen) atoms. The maximum absolute atomic E-state index is 15.5. The van der Waals surface area contributed by atoms with Crippen LogP contribution in [-0.2, 0) is 18.5 Å². The lowest BCUT2D eigenvalue weighted by molar-refractivity contribution is -0.147. The van der Waals surface area contributed by atoms with Crippen molar-refractivity contribution in [3.8, 4) is 22.7 Å². The monoisotopic (exact) mass is 1110 g/mol. The van der Waals surface area contributed by atoms with Crippen LogP contribution in [0.4, 0.5) is 39.5 Å². The number of rotatable bonds is 7. The van der Waals surface area contributed by atoms with E-state index in [0.717, 1.165) is 98.6 Å². The van der Waals surface area contributed by atoms with Crippen molar-refractivity contribution < 1.29 is 39.5 Å². The van der Waals surface area contributed by atoms with Gasteiger partial charge in [0.05, 0.1) is 60.8 Å². The minimum absolute atomic E-state index is 0.0135. The van der Waals surface area contributed by atoms with Crippen molar-refractivity contribution in [2.45, 2.75) is 18.5 Å². The zero-order valence-electron chi connectivity index (χ0n) is 43.4. The molecule has 4 heterocycles. The number of hydrogen-bond acceptors (Lipinski definition) is 0. The zero-order chi connectivity index (χ0) is 56.7. The molecule has 0 aliphatic carbocycles. The van der Waals surface area contributed by atoms with Crippen LogP contribution in [0.3, 0.4) is 0 Å². The van der Waals surface area contributed by atoms with Gasteiger partial charge in [0.25, 0.3) is 0 Å². The van der Waals surface area contributed by atoms with Crippen molar-refractivity contribution in [2.75, 3.05) is 0 Å². The van der Waals surface area contributed by atoms with Gasteiger partial charge in [-0.15, -0.1) is 0 Å². The first-order chi connectivity index (χ1) is 40.1. The molecule has 0 aliphatic rings. The number of benzene rings is 11. The van der Waals surface area contributed by atoms with Crippen LogP contribution in [0.2, 0.25) is 0 Å². The molecule has 14 heteroatoms. The summed E-state index contributed by atoms with van der Waals surface area (Å²) in [5.41, 5.74) is 2.57. The van der Waals surface area contributed by atoms with Crippen LogP contribution in [0, 0.1) is 0 Å². The number of para-hydroxylation sites is 6. The number of halogens is 9. The molecule has 0 amide bonds. The third-order valence-corrected chi connectivity index (χ3v) is 16.3. The quantitative estimate of drug-likeness (QED) is 0.112. The van der Waals surface area contributed by atoms with Gasteiger partial charge in [0.15, 0.2) is 0 Å². The molecule has 11 aromatic carbocycles. The minimum Gasteiger partial charge on any atom is -0.309 e. The average Bonchev–Trinajstić information content (AvgIpc) is 2.26. The molecule has 0 unspecified atom stereocenters. The van der Waals surface area contributed by atoms with Crippen LogP contribution in [0.15, 0.2) is 243 Å². The molecule has 15 aromatic rings. The summed E-state index contributed by atoms with van der Waals surface area (Å²) in [6.45, 7) is -1.88. The molecular weight excluding hydrogens is 1070 g/mol. The normalized spacial score (nSPS) is 12.6. The van der Waals surface area contributed by atoms with E-state index >= 15 is 26.3 Å². The van der Waals surface area contributed by atoms with Gasteiger partial charge in [-0.1, -0.05) is 144 Å². The fourth-order valence-corrected chi connectivity index (χ4v) is 13.1. The molecule has 0 atom stereocenters. The smallest absolute Gasteiger partial charge is 0.309 e. The van der Waals surface area contributed by atoms with Gasteiger partial charge in [0.2, 0.25) is 6.71 Å². The second kappa shape index (κ2) is 18.3. The third-order valence-electron chi connectivity index (χ3n) is 16.3. The Morgan fingerprint density at radius 2 is 0.518 bits per heavy atom. The van der Waals surface area contributed by atoms with Crippen LogP contribution in [0.1, 0.15) is 16.7 Å². The van der Waals surface area contributed by atoms with Crippen LogP contribution < -0.4 is 16.4 Å². The molecule has 0 radical (unpaired) electrons. The second-order valence-corrected chi connectivity index (χ2v) is 20.9. The van der Waals surface area contributed by atoms with E-state index in [2.05, 4.69) is 33.4 Å². The Bertz CT molecular complexity index is 4780. The van der Waals surface area contributed by atoms with E-state index in [1.54, 1.807) is 24.3 Å². The molecule has 0 N–H and O–H groups in total. The van der Waals surface area contributed by atoms with Gasteiger partial charge in [-0.05, 0) is 115 Å². The first-order valence-electron chi connectivity index (χ1n) is 26.7. The Morgan fingerprint density at radius 1 is 0.253 bits per heavy atom. The van der Waals surface area contributed by atoms with E-state index < -0.39 is 47.4 Å². The van der Waals surface area contributed by atoms with E-state index in [1.807, 2.05) is 167 Å². The van der Waals surface area contributed by atoms with Gasteiger partial charge in [-0.3, -0.25) is 0 Å². The van der Waals surface area contributed by atoms with Gasteiger partial charge in [-0.25, -0.2) is 0 Å². The minimum atomic E-state index is -5.65. The summed E-state index contributed by atoms with van der Waals surface area (Å²) in [4.78, 5) is 0. The fraction of sp³-hybridized carbons (Fsp3) is 0.0435. The molecule has 0 bridgehead atoms. The van der Waals surface area contributed by atoms with Crippen LogP contribution in [-0.4, -0.2) is 25.0 Å². The second-order valence-electron chi connectivity index (χ2n) is 20.9. The Hall–Kier alpha value is -9.95. The summed E-state index contributed by atoms with van der Waals surface area (Å²) in [6.07, 6.45) is -16.8. The summed E-state index contributed by atoms with van der Waals surface area (Å²) < 4.78 is 145. The third kappa shape index (κ3) is 7.72. The average molecular weight is 1110 g/mol. The van der Waals surface area contributed by atoms with Gasteiger partial charge >= 0.3 is 18.5 Å². The van der Waals surface area contributed by atoms with Gasteiger partial charge in [-0.2, -0.15) is 39.5 Å². The largest absolute Gasteiger partial charge is 0.416 e. The Morgan fingerprint density at radius 3 is 0.795 bits per heavy atom. The predicted molar refractivity (Wildman–Crippen MR) is 316 cm³/mol. The summed E-state index contributed by atoms with van der Waals surface area (Å²) in [5, 5.41) is 7.68. The number of hydrogen-bond donors (Lipinski definition) is 0. The summed E-state index contributed by atoms with van der Waals surface area (Å²) >= 11 is 0. The highest BCUT2D eigenvalue weighted by Crippen LogP contribution is 2.45.